The summed E-state index contributed by atoms with van der Waals surface area (Å²) in [5.41, 5.74) is 1.24. The van der Waals surface area contributed by atoms with Crippen molar-refractivity contribution in [3.8, 4) is 0 Å². The highest BCUT2D eigenvalue weighted by Crippen LogP contribution is 2.28. The van der Waals surface area contributed by atoms with E-state index < -0.39 is 0 Å². The number of carbonyl (C=O) groups is 1. The maximum Gasteiger partial charge on any atom is 0.311 e. The van der Waals surface area contributed by atoms with Crippen molar-refractivity contribution in [2.45, 2.75) is 39.7 Å². The third-order valence-corrected chi connectivity index (χ3v) is 3.73. The van der Waals surface area contributed by atoms with Crippen molar-refractivity contribution in [2.75, 3.05) is 13.7 Å². The summed E-state index contributed by atoms with van der Waals surface area (Å²) in [6, 6.07) is 2.07. The largest absolute Gasteiger partial charge is 0.469 e. The molecule has 2 unspecified atom stereocenters. The van der Waals surface area contributed by atoms with Crippen LogP contribution in [0.2, 0.25) is 0 Å². The fraction of sp³-hybridized carbons (Fsp3) is 0.643. The van der Waals surface area contributed by atoms with Gasteiger partial charge in [-0.15, -0.1) is 11.3 Å². The van der Waals surface area contributed by atoms with Gasteiger partial charge in [-0.2, -0.15) is 0 Å². The van der Waals surface area contributed by atoms with Crippen molar-refractivity contribution in [3.05, 3.63) is 21.9 Å². The molecule has 3 nitrogen and oxygen atoms in total. The van der Waals surface area contributed by atoms with Crippen molar-refractivity contribution in [1.29, 1.82) is 0 Å². The number of hydrogen-bond acceptors (Lipinski definition) is 4. The van der Waals surface area contributed by atoms with Crippen LogP contribution in [0.25, 0.3) is 0 Å². The zero-order chi connectivity index (χ0) is 13.5. The first kappa shape index (κ1) is 15.2. The molecule has 1 aliphatic rings. The maximum atomic E-state index is 11.5. The second-order valence-electron chi connectivity index (χ2n) is 4.44. The summed E-state index contributed by atoms with van der Waals surface area (Å²) < 4.78 is 9.97. The van der Waals surface area contributed by atoms with Crippen molar-refractivity contribution in [1.82, 2.24) is 0 Å². The van der Waals surface area contributed by atoms with Gasteiger partial charge in [0.05, 0.1) is 25.7 Å². The summed E-state index contributed by atoms with van der Waals surface area (Å²) in [7, 11) is 1.43. The zero-order valence-corrected chi connectivity index (χ0v) is 12.4. The number of carbonyl (C=O) groups excluding carboxylic acids is 1. The maximum absolute atomic E-state index is 11.5. The molecule has 0 bridgehead atoms. The highest BCUT2D eigenvalue weighted by atomic mass is 32.1. The van der Waals surface area contributed by atoms with E-state index in [1.54, 1.807) is 11.3 Å². The lowest BCUT2D eigenvalue weighted by Gasteiger charge is -2.11. The van der Waals surface area contributed by atoms with Crippen LogP contribution < -0.4 is 0 Å². The second kappa shape index (κ2) is 7.54. The van der Waals surface area contributed by atoms with E-state index in [1.807, 2.05) is 5.38 Å². The smallest absolute Gasteiger partial charge is 0.311 e. The van der Waals surface area contributed by atoms with Crippen LogP contribution in [-0.2, 0) is 20.7 Å². The standard InChI is InChI=1S/C11H14O3S.C3H8/c1-7-3-4-15-10(7)5-8(9-6-14-9)11(12)13-2;1-3-2/h3-4,8-9H,5-6H2,1-2H3;3H2,1-2H3. The number of aryl methyl sites for hydroxylation is 1. The second-order valence-corrected chi connectivity index (χ2v) is 5.44. The Labute approximate surface area is 113 Å². The van der Waals surface area contributed by atoms with Gasteiger partial charge in [-0.25, -0.2) is 0 Å². The Kier molecular flexibility index (Phi) is 6.36. The first-order chi connectivity index (χ1) is 8.63. The van der Waals surface area contributed by atoms with E-state index in [0.29, 0.717) is 6.61 Å². The Hall–Kier alpha value is -0.870. The third kappa shape index (κ3) is 4.42. The molecule has 0 amide bonds. The number of methoxy groups -OCH3 is 1. The van der Waals surface area contributed by atoms with Crippen molar-refractivity contribution >= 4 is 17.3 Å². The van der Waals surface area contributed by atoms with Gasteiger partial charge in [0, 0.05) is 4.88 Å². The molecule has 1 aliphatic heterocycles. The van der Waals surface area contributed by atoms with Gasteiger partial charge in [0.1, 0.15) is 0 Å². The van der Waals surface area contributed by atoms with Gasteiger partial charge < -0.3 is 9.47 Å². The van der Waals surface area contributed by atoms with Crippen LogP contribution in [0.1, 0.15) is 30.7 Å². The van der Waals surface area contributed by atoms with E-state index in [4.69, 9.17) is 9.47 Å². The van der Waals surface area contributed by atoms with Crippen LogP contribution >= 0.6 is 11.3 Å². The van der Waals surface area contributed by atoms with Crippen LogP contribution in [0, 0.1) is 12.8 Å². The van der Waals surface area contributed by atoms with E-state index in [2.05, 4.69) is 26.8 Å². The first-order valence-electron chi connectivity index (χ1n) is 6.36. The molecule has 0 aromatic carbocycles. The molecule has 2 rings (SSSR count). The number of rotatable bonds is 4. The minimum Gasteiger partial charge on any atom is -0.469 e. The van der Waals surface area contributed by atoms with Crippen molar-refractivity contribution in [3.63, 3.8) is 0 Å². The van der Waals surface area contributed by atoms with Crippen LogP contribution in [0.15, 0.2) is 11.4 Å². The Balaban J connectivity index is 0.000000492. The van der Waals surface area contributed by atoms with E-state index in [9.17, 15) is 4.79 Å². The van der Waals surface area contributed by atoms with Gasteiger partial charge in [-0.1, -0.05) is 20.3 Å². The van der Waals surface area contributed by atoms with Crippen LogP contribution in [0.5, 0.6) is 0 Å². The fourth-order valence-corrected chi connectivity index (χ4v) is 2.58. The molecule has 0 aliphatic carbocycles. The monoisotopic (exact) mass is 270 g/mol. The molecule has 0 saturated carbocycles. The summed E-state index contributed by atoms with van der Waals surface area (Å²) in [6.45, 7) is 7.00. The van der Waals surface area contributed by atoms with E-state index >= 15 is 0 Å². The number of ether oxygens (including phenoxy) is 2. The van der Waals surface area contributed by atoms with Gasteiger partial charge in [0.15, 0.2) is 0 Å². The first-order valence-corrected chi connectivity index (χ1v) is 7.24. The minimum absolute atomic E-state index is 0.0685. The van der Waals surface area contributed by atoms with Crippen LogP contribution in [0.4, 0.5) is 0 Å². The van der Waals surface area contributed by atoms with Gasteiger partial charge >= 0.3 is 5.97 Å². The highest BCUT2D eigenvalue weighted by Gasteiger charge is 2.38. The average Bonchev–Trinajstić information content (AvgIpc) is 3.11. The average molecular weight is 270 g/mol. The number of esters is 1. The Morgan fingerprint density at radius 1 is 1.61 bits per heavy atom. The summed E-state index contributed by atoms with van der Waals surface area (Å²) in [5, 5.41) is 2.05. The molecule has 18 heavy (non-hydrogen) atoms. The highest BCUT2D eigenvalue weighted by molar-refractivity contribution is 7.10. The summed E-state index contributed by atoms with van der Waals surface area (Å²) >= 11 is 1.69. The summed E-state index contributed by atoms with van der Waals surface area (Å²) in [4.78, 5) is 12.8. The fourth-order valence-electron chi connectivity index (χ4n) is 1.62. The van der Waals surface area contributed by atoms with Gasteiger partial charge in [0.2, 0.25) is 0 Å². The van der Waals surface area contributed by atoms with Gasteiger partial charge in [0.25, 0.3) is 0 Å². The molecule has 1 saturated heterocycles. The molecule has 0 N–H and O–H groups in total. The Morgan fingerprint density at radius 2 is 2.22 bits per heavy atom. The van der Waals surface area contributed by atoms with E-state index in [0.717, 1.165) is 6.42 Å². The number of hydrogen-bond donors (Lipinski definition) is 0. The molecule has 1 aromatic rings. The summed E-state index contributed by atoms with van der Waals surface area (Å²) in [5.74, 6) is -0.294. The van der Waals surface area contributed by atoms with E-state index in [-0.39, 0.29) is 18.0 Å². The minimum atomic E-state index is -0.162. The molecule has 4 heteroatoms. The van der Waals surface area contributed by atoms with Crippen molar-refractivity contribution in [2.24, 2.45) is 5.92 Å². The number of epoxide rings is 1. The zero-order valence-electron chi connectivity index (χ0n) is 11.6. The molecular formula is C14H22O3S. The quantitative estimate of drug-likeness (QED) is 0.623. The molecule has 1 fully saturated rings. The number of thiophene rings is 1. The van der Waals surface area contributed by atoms with Crippen LogP contribution in [0.3, 0.4) is 0 Å². The molecule has 1 aromatic heterocycles. The third-order valence-electron chi connectivity index (χ3n) is 2.69. The lowest BCUT2D eigenvalue weighted by Crippen LogP contribution is -2.23. The van der Waals surface area contributed by atoms with Gasteiger partial charge in [-0.05, 0) is 30.4 Å². The molecular weight excluding hydrogens is 248 g/mol. The molecule has 2 heterocycles. The lowest BCUT2D eigenvalue weighted by molar-refractivity contribution is -0.146. The van der Waals surface area contributed by atoms with Crippen molar-refractivity contribution < 1.29 is 14.3 Å². The molecule has 0 spiro atoms. The predicted octanol–water partition coefficient (Wildman–Crippen LogP) is 3.20. The van der Waals surface area contributed by atoms with Crippen LogP contribution in [-0.4, -0.2) is 25.8 Å². The Morgan fingerprint density at radius 3 is 2.61 bits per heavy atom. The lowest BCUT2D eigenvalue weighted by atomic mass is 10.00. The summed E-state index contributed by atoms with van der Waals surface area (Å²) in [6.07, 6.45) is 2.06. The normalized spacial score (nSPS) is 18.6. The SMILES string of the molecule is CCC.COC(=O)C(Cc1sccc1C)C1CO1. The predicted molar refractivity (Wildman–Crippen MR) is 74.0 cm³/mol. The van der Waals surface area contributed by atoms with E-state index in [1.165, 1.54) is 24.0 Å². The molecule has 0 radical (unpaired) electrons. The topological polar surface area (TPSA) is 38.8 Å². The molecule has 2 atom stereocenters. The molecule has 102 valence electrons. The Bertz CT molecular complexity index is 369. The van der Waals surface area contributed by atoms with Gasteiger partial charge in [-0.3, -0.25) is 4.79 Å².